The molecule has 0 atom stereocenters. The fourth-order valence-electron chi connectivity index (χ4n) is 2.57. The molecule has 1 aliphatic heterocycles. The maximum Gasteiger partial charge on any atom is 0.227 e. The number of hydrogen-bond acceptors (Lipinski definition) is 3. The zero-order valence-corrected chi connectivity index (χ0v) is 11.9. The van der Waals surface area contributed by atoms with Gasteiger partial charge in [-0.25, -0.2) is 4.39 Å². The molecule has 1 fully saturated rings. The number of benzene rings is 1. The minimum atomic E-state index is -0.727. The van der Waals surface area contributed by atoms with E-state index < -0.39 is 11.4 Å². The predicted octanol–water partition coefficient (Wildman–Crippen LogP) is 1.75. The number of rotatable bonds is 5. The number of aliphatic hydroxyl groups is 1. The summed E-state index contributed by atoms with van der Waals surface area (Å²) in [5, 5.41) is 10.0. The fourth-order valence-corrected chi connectivity index (χ4v) is 2.57. The lowest BCUT2D eigenvalue weighted by Gasteiger charge is -2.46. The fraction of sp³-hybridized carbons (Fsp3) is 0.533. The molecule has 0 unspecified atom stereocenters. The van der Waals surface area contributed by atoms with Crippen LogP contribution in [-0.4, -0.2) is 41.7 Å². The summed E-state index contributed by atoms with van der Waals surface area (Å²) in [5.41, 5.74) is -0.116. The molecule has 0 aliphatic carbocycles. The normalized spacial score (nSPS) is 16.7. The Morgan fingerprint density at radius 2 is 2.20 bits per heavy atom. The van der Waals surface area contributed by atoms with Gasteiger partial charge in [-0.05, 0) is 24.1 Å². The van der Waals surface area contributed by atoms with Crippen LogP contribution in [0.2, 0.25) is 0 Å². The Bertz CT molecular complexity index is 498. The van der Waals surface area contributed by atoms with E-state index in [1.54, 1.807) is 11.0 Å². The van der Waals surface area contributed by atoms with Gasteiger partial charge in [0, 0.05) is 0 Å². The molecule has 1 N–H and O–H groups in total. The molecule has 1 amide bonds. The van der Waals surface area contributed by atoms with E-state index in [1.165, 1.54) is 19.2 Å². The molecule has 1 saturated heterocycles. The summed E-state index contributed by atoms with van der Waals surface area (Å²) < 4.78 is 18.4. The van der Waals surface area contributed by atoms with Crippen molar-refractivity contribution in [3.05, 3.63) is 29.6 Å². The van der Waals surface area contributed by atoms with E-state index in [4.69, 9.17) is 4.74 Å². The minimum Gasteiger partial charge on any atom is -0.494 e. The Labute approximate surface area is 118 Å². The molecule has 20 heavy (non-hydrogen) atoms. The highest BCUT2D eigenvalue weighted by Crippen LogP contribution is 2.26. The number of carbonyl (C=O) groups excluding carboxylic acids is 1. The highest BCUT2D eigenvalue weighted by Gasteiger charge is 2.42. The van der Waals surface area contributed by atoms with Crippen molar-refractivity contribution in [1.29, 1.82) is 0 Å². The molecule has 0 saturated carbocycles. The molecule has 1 aromatic rings. The van der Waals surface area contributed by atoms with Crippen molar-refractivity contribution in [2.24, 2.45) is 0 Å². The van der Waals surface area contributed by atoms with E-state index in [9.17, 15) is 14.3 Å². The summed E-state index contributed by atoms with van der Waals surface area (Å²) in [7, 11) is 1.40. The monoisotopic (exact) mass is 281 g/mol. The second kappa shape index (κ2) is 5.79. The van der Waals surface area contributed by atoms with E-state index in [1.807, 2.05) is 6.92 Å². The second-order valence-electron chi connectivity index (χ2n) is 5.37. The number of methoxy groups -OCH3 is 1. The van der Waals surface area contributed by atoms with Crippen LogP contribution in [0.4, 0.5) is 4.39 Å². The Kier molecular flexibility index (Phi) is 4.28. The van der Waals surface area contributed by atoms with Gasteiger partial charge in [-0.15, -0.1) is 0 Å². The SMILES string of the molecule is CCCC1(O)CN(C(=O)Cc2ccc(OC)c(F)c2)C1. The first kappa shape index (κ1) is 14.8. The van der Waals surface area contributed by atoms with E-state index in [0.717, 1.165) is 6.42 Å². The third-order valence-corrected chi connectivity index (χ3v) is 3.61. The first-order chi connectivity index (χ1) is 9.47. The highest BCUT2D eigenvalue weighted by molar-refractivity contribution is 5.80. The maximum atomic E-state index is 13.5. The number of amides is 1. The zero-order chi connectivity index (χ0) is 14.8. The number of halogens is 1. The number of likely N-dealkylation sites (tertiary alicyclic amines) is 1. The van der Waals surface area contributed by atoms with Gasteiger partial charge in [0.2, 0.25) is 5.91 Å². The Balaban J connectivity index is 1.91. The molecule has 5 heteroatoms. The molecule has 0 radical (unpaired) electrons. The Hall–Kier alpha value is -1.62. The lowest BCUT2D eigenvalue weighted by atomic mass is 9.89. The molecule has 1 heterocycles. The average Bonchev–Trinajstić information content (AvgIpc) is 2.36. The Morgan fingerprint density at radius 3 is 2.75 bits per heavy atom. The van der Waals surface area contributed by atoms with Crippen LogP contribution in [0.5, 0.6) is 5.75 Å². The predicted molar refractivity (Wildman–Crippen MR) is 73.1 cm³/mol. The van der Waals surface area contributed by atoms with Gasteiger partial charge < -0.3 is 14.7 Å². The van der Waals surface area contributed by atoms with Crippen molar-refractivity contribution >= 4 is 5.91 Å². The minimum absolute atomic E-state index is 0.0876. The molecule has 2 rings (SSSR count). The van der Waals surface area contributed by atoms with Crippen LogP contribution in [0.1, 0.15) is 25.3 Å². The van der Waals surface area contributed by atoms with Crippen molar-refractivity contribution in [3.8, 4) is 5.75 Å². The van der Waals surface area contributed by atoms with Crippen LogP contribution in [0.3, 0.4) is 0 Å². The van der Waals surface area contributed by atoms with Crippen LogP contribution in [0.25, 0.3) is 0 Å². The molecular weight excluding hydrogens is 261 g/mol. The van der Waals surface area contributed by atoms with Crippen LogP contribution < -0.4 is 4.74 Å². The summed E-state index contributed by atoms with van der Waals surface area (Å²) >= 11 is 0. The summed E-state index contributed by atoms with van der Waals surface area (Å²) in [6.45, 7) is 2.75. The summed E-state index contributed by atoms with van der Waals surface area (Å²) in [6.07, 6.45) is 1.74. The van der Waals surface area contributed by atoms with Gasteiger partial charge in [-0.3, -0.25) is 4.79 Å². The molecule has 4 nitrogen and oxygen atoms in total. The van der Waals surface area contributed by atoms with Gasteiger partial charge >= 0.3 is 0 Å². The molecule has 0 aromatic heterocycles. The van der Waals surface area contributed by atoms with Crippen molar-refractivity contribution in [2.45, 2.75) is 31.8 Å². The number of carbonyl (C=O) groups is 1. The molecule has 0 spiro atoms. The highest BCUT2D eigenvalue weighted by atomic mass is 19.1. The molecule has 1 aromatic carbocycles. The molecule has 0 bridgehead atoms. The molecule has 1 aliphatic rings. The zero-order valence-electron chi connectivity index (χ0n) is 11.9. The van der Waals surface area contributed by atoms with E-state index in [-0.39, 0.29) is 18.1 Å². The van der Waals surface area contributed by atoms with Gasteiger partial charge in [-0.1, -0.05) is 19.4 Å². The van der Waals surface area contributed by atoms with Crippen LogP contribution in [0.15, 0.2) is 18.2 Å². The lowest BCUT2D eigenvalue weighted by Crippen LogP contribution is -2.63. The second-order valence-corrected chi connectivity index (χ2v) is 5.37. The quantitative estimate of drug-likeness (QED) is 0.894. The number of hydrogen-bond donors (Lipinski definition) is 1. The summed E-state index contributed by atoms with van der Waals surface area (Å²) in [5.74, 6) is -0.387. The third-order valence-electron chi connectivity index (χ3n) is 3.61. The molecule has 110 valence electrons. The topological polar surface area (TPSA) is 49.8 Å². The van der Waals surface area contributed by atoms with Crippen LogP contribution in [-0.2, 0) is 11.2 Å². The van der Waals surface area contributed by atoms with E-state index >= 15 is 0 Å². The number of β-amino-alcohol motifs (C(OH)–C–C–N with tert-alkyl or cyclic N) is 1. The third kappa shape index (κ3) is 3.10. The first-order valence-corrected chi connectivity index (χ1v) is 6.80. The van der Waals surface area contributed by atoms with Crippen LogP contribution >= 0.6 is 0 Å². The average molecular weight is 281 g/mol. The van der Waals surface area contributed by atoms with E-state index in [0.29, 0.717) is 25.1 Å². The largest absolute Gasteiger partial charge is 0.494 e. The smallest absolute Gasteiger partial charge is 0.227 e. The first-order valence-electron chi connectivity index (χ1n) is 6.80. The van der Waals surface area contributed by atoms with Gasteiger partial charge in [0.05, 0.1) is 32.2 Å². The Morgan fingerprint density at radius 1 is 1.50 bits per heavy atom. The standard InChI is InChI=1S/C15H20FNO3/c1-3-6-15(19)9-17(10-15)14(18)8-11-4-5-13(20-2)12(16)7-11/h4-5,7,19H,3,6,8-10H2,1-2H3. The number of ether oxygens (including phenoxy) is 1. The van der Waals surface area contributed by atoms with E-state index in [2.05, 4.69) is 0 Å². The van der Waals surface area contributed by atoms with Crippen molar-refractivity contribution in [1.82, 2.24) is 4.90 Å². The summed E-state index contributed by atoms with van der Waals surface area (Å²) in [6, 6.07) is 4.51. The van der Waals surface area contributed by atoms with Crippen LogP contribution in [0, 0.1) is 5.82 Å². The maximum absolute atomic E-state index is 13.5. The van der Waals surface area contributed by atoms with Gasteiger partial charge in [-0.2, -0.15) is 0 Å². The molecular formula is C15H20FNO3. The van der Waals surface area contributed by atoms with Crippen molar-refractivity contribution in [3.63, 3.8) is 0 Å². The van der Waals surface area contributed by atoms with Crippen molar-refractivity contribution in [2.75, 3.05) is 20.2 Å². The lowest BCUT2D eigenvalue weighted by molar-refractivity contribution is -0.155. The summed E-state index contributed by atoms with van der Waals surface area (Å²) in [4.78, 5) is 13.6. The number of nitrogens with zero attached hydrogens (tertiary/aromatic N) is 1. The van der Waals surface area contributed by atoms with Gasteiger partial charge in [0.1, 0.15) is 0 Å². The van der Waals surface area contributed by atoms with Crippen molar-refractivity contribution < 1.29 is 19.0 Å². The van der Waals surface area contributed by atoms with Gasteiger partial charge in [0.15, 0.2) is 11.6 Å². The van der Waals surface area contributed by atoms with Gasteiger partial charge in [0.25, 0.3) is 0 Å².